The van der Waals surface area contributed by atoms with E-state index in [4.69, 9.17) is 11.6 Å². The van der Waals surface area contributed by atoms with E-state index in [1.807, 2.05) is 19.4 Å². The first kappa shape index (κ1) is 14.6. The van der Waals surface area contributed by atoms with E-state index in [0.717, 1.165) is 12.2 Å². The maximum atomic E-state index is 6.03. The van der Waals surface area contributed by atoms with Gasteiger partial charge in [-0.2, -0.15) is 0 Å². The largest absolute Gasteiger partial charge is 0.356 e. The van der Waals surface area contributed by atoms with Crippen molar-refractivity contribution < 1.29 is 0 Å². The Labute approximate surface area is 127 Å². The molecule has 2 heterocycles. The monoisotopic (exact) mass is 313 g/mol. The van der Waals surface area contributed by atoms with Gasteiger partial charge in [0.25, 0.3) is 0 Å². The maximum Gasteiger partial charge on any atom is 0.190 e. The van der Waals surface area contributed by atoms with Crippen molar-refractivity contribution >= 4 is 40.5 Å². The SMILES string of the molecule is CSc1nc(Cl)cc(N(C)C(C)Cc2cccs2)n1. The summed E-state index contributed by atoms with van der Waals surface area (Å²) in [5.41, 5.74) is 0. The number of nitrogens with zero attached hydrogens (tertiary/aromatic N) is 3. The van der Waals surface area contributed by atoms with Crippen LogP contribution in [0.3, 0.4) is 0 Å². The van der Waals surface area contributed by atoms with E-state index < -0.39 is 0 Å². The molecule has 19 heavy (non-hydrogen) atoms. The number of rotatable bonds is 5. The Hall–Kier alpha value is -0.780. The molecule has 0 amide bonds. The minimum absolute atomic E-state index is 0.360. The molecule has 1 unspecified atom stereocenters. The molecular formula is C13H16ClN3S2. The average molecular weight is 314 g/mol. The number of thioether (sulfide) groups is 1. The van der Waals surface area contributed by atoms with Gasteiger partial charge < -0.3 is 4.90 Å². The topological polar surface area (TPSA) is 29.0 Å². The summed E-state index contributed by atoms with van der Waals surface area (Å²) in [6.07, 6.45) is 2.95. The fraction of sp³-hybridized carbons (Fsp3) is 0.385. The molecule has 0 saturated carbocycles. The van der Waals surface area contributed by atoms with Gasteiger partial charge >= 0.3 is 0 Å². The molecule has 2 aromatic rings. The molecule has 0 spiro atoms. The third kappa shape index (κ3) is 3.84. The van der Waals surface area contributed by atoms with E-state index in [1.165, 1.54) is 16.6 Å². The Bertz CT molecular complexity index is 531. The molecule has 6 heteroatoms. The highest BCUT2D eigenvalue weighted by Gasteiger charge is 2.14. The Balaban J connectivity index is 2.14. The van der Waals surface area contributed by atoms with Crippen molar-refractivity contribution in [3.63, 3.8) is 0 Å². The van der Waals surface area contributed by atoms with E-state index in [0.29, 0.717) is 16.4 Å². The first-order valence-corrected chi connectivity index (χ1v) is 8.42. The minimum Gasteiger partial charge on any atom is -0.356 e. The molecule has 102 valence electrons. The maximum absolute atomic E-state index is 6.03. The Kier molecular flexibility index (Phi) is 5.07. The Morgan fingerprint density at radius 1 is 1.47 bits per heavy atom. The summed E-state index contributed by atoms with van der Waals surface area (Å²) in [5, 5.41) is 3.30. The molecule has 2 aromatic heterocycles. The predicted octanol–water partition coefficient (Wildman–Crippen LogP) is 3.98. The van der Waals surface area contributed by atoms with Crippen LogP contribution in [-0.4, -0.2) is 29.3 Å². The van der Waals surface area contributed by atoms with Crippen molar-refractivity contribution in [1.29, 1.82) is 0 Å². The van der Waals surface area contributed by atoms with Crippen LogP contribution in [0, 0.1) is 0 Å². The van der Waals surface area contributed by atoms with Gasteiger partial charge in [0.1, 0.15) is 11.0 Å². The lowest BCUT2D eigenvalue weighted by Gasteiger charge is -2.25. The molecule has 0 aromatic carbocycles. The molecule has 3 nitrogen and oxygen atoms in total. The molecule has 0 fully saturated rings. The van der Waals surface area contributed by atoms with Crippen LogP contribution < -0.4 is 4.90 Å². The van der Waals surface area contributed by atoms with E-state index in [-0.39, 0.29) is 0 Å². The molecule has 0 N–H and O–H groups in total. The highest BCUT2D eigenvalue weighted by Crippen LogP contribution is 2.22. The fourth-order valence-electron chi connectivity index (χ4n) is 1.74. The summed E-state index contributed by atoms with van der Waals surface area (Å²) >= 11 is 9.32. The van der Waals surface area contributed by atoms with E-state index in [1.54, 1.807) is 11.3 Å². The molecule has 2 rings (SSSR count). The lowest BCUT2D eigenvalue weighted by atomic mass is 10.2. The highest BCUT2D eigenvalue weighted by atomic mass is 35.5. The highest BCUT2D eigenvalue weighted by molar-refractivity contribution is 7.98. The van der Waals surface area contributed by atoms with E-state index in [9.17, 15) is 0 Å². The summed E-state index contributed by atoms with van der Waals surface area (Å²) in [5.74, 6) is 0.869. The number of hydrogen-bond acceptors (Lipinski definition) is 5. The van der Waals surface area contributed by atoms with E-state index in [2.05, 4.69) is 39.3 Å². The summed E-state index contributed by atoms with van der Waals surface area (Å²) in [6.45, 7) is 2.19. The summed E-state index contributed by atoms with van der Waals surface area (Å²) in [6, 6.07) is 6.42. The normalized spacial score (nSPS) is 12.4. The quantitative estimate of drug-likeness (QED) is 0.474. The molecule has 0 aliphatic rings. The third-order valence-electron chi connectivity index (χ3n) is 2.94. The zero-order chi connectivity index (χ0) is 13.8. The van der Waals surface area contributed by atoms with Gasteiger partial charge in [-0.1, -0.05) is 29.4 Å². The van der Waals surface area contributed by atoms with Crippen molar-refractivity contribution in [2.24, 2.45) is 0 Å². The number of anilines is 1. The second-order valence-electron chi connectivity index (χ2n) is 4.28. The minimum atomic E-state index is 0.360. The lowest BCUT2D eigenvalue weighted by Crippen LogP contribution is -2.31. The van der Waals surface area contributed by atoms with Gasteiger partial charge in [-0.25, -0.2) is 9.97 Å². The molecular weight excluding hydrogens is 298 g/mol. The van der Waals surface area contributed by atoms with Gasteiger partial charge in [-0.05, 0) is 24.6 Å². The molecule has 1 atom stereocenters. The number of thiophene rings is 1. The summed E-state index contributed by atoms with van der Waals surface area (Å²) in [7, 11) is 2.04. The van der Waals surface area contributed by atoms with Crippen LogP contribution in [0.5, 0.6) is 0 Å². The molecule has 0 aliphatic heterocycles. The third-order valence-corrected chi connectivity index (χ3v) is 4.58. The van der Waals surface area contributed by atoms with Crippen molar-refractivity contribution in [1.82, 2.24) is 9.97 Å². The van der Waals surface area contributed by atoms with Gasteiger partial charge in [0.05, 0.1) is 0 Å². The van der Waals surface area contributed by atoms with Crippen LogP contribution in [0.25, 0.3) is 0 Å². The van der Waals surface area contributed by atoms with Gasteiger partial charge in [0.15, 0.2) is 5.16 Å². The number of halogens is 1. The Morgan fingerprint density at radius 2 is 2.26 bits per heavy atom. The van der Waals surface area contributed by atoms with Crippen LogP contribution in [0.15, 0.2) is 28.7 Å². The van der Waals surface area contributed by atoms with Gasteiger partial charge in [-0.15, -0.1) is 11.3 Å². The predicted molar refractivity (Wildman–Crippen MR) is 84.7 cm³/mol. The summed E-state index contributed by atoms with van der Waals surface area (Å²) in [4.78, 5) is 12.2. The van der Waals surface area contributed by atoms with Crippen molar-refractivity contribution in [2.75, 3.05) is 18.2 Å². The average Bonchev–Trinajstić information content (AvgIpc) is 2.89. The smallest absolute Gasteiger partial charge is 0.190 e. The zero-order valence-electron chi connectivity index (χ0n) is 11.1. The first-order chi connectivity index (χ1) is 9.10. The van der Waals surface area contributed by atoms with Crippen LogP contribution >= 0.6 is 34.7 Å². The lowest BCUT2D eigenvalue weighted by molar-refractivity contribution is 0.674. The summed E-state index contributed by atoms with van der Waals surface area (Å²) < 4.78 is 0. The zero-order valence-corrected chi connectivity index (χ0v) is 13.5. The van der Waals surface area contributed by atoms with Crippen LogP contribution in [-0.2, 0) is 6.42 Å². The van der Waals surface area contributed by atoms with Crippen LogP contribution in [0.4, 0.5) is 5.82 Å². The standard InChI is InChI=1S/C13H16ClN3S2/c1-9(7-10-5-4-6-19-10)17(2)12-8-11(14)15-13(16-12)18-3/h4-6,8-9H,7H2,1-3H3. The number of aromatic nitrogens is 2. The second-order valence-corrected chi connectivity index (χ2v) is 6.47. The second kappa shape index (κ2) is 6.59. The first-order valence-electron chi connectivity index (χ1n) is 5.94. The molecule has 0 bridgehead atoms. The molecule has 0 aliphatic carbocycles. The van der Waals surface area contributed by atoms with Gasteiger partial charge in [0.2, 0.25) is 0 Å². The van der Waals surface area contributed by atoms with E-state index >= 15 is 0 Å². The fourth-order valence-corrected chi connectivity index (χ4v) is 3.17. The van der Waals surface area contributed by atoms with Gasteiger partial charge in [-0.3, -0.25) is 0 Å². The van der Waals surface area contributed by atoms with Crippen molar-refractivity contribution in [2.45, 2.75) is 24.5 Å². The molecule has 0 radical (unpaired) electrons. The van der Waals surface area contributed by atoms with Crippen LogP contribution in [0.2, 0.25) is 5.15 Å². The Morgan fingerprint density at radius 3 is 2.89 bits per heavy atom. The van der Waals surface area contributed by atoms with Gasteiger partial charge in [0, 0.05) is 30.5 Å². The number of hydrogen-bond donors (Lipinski definition) is 0. The van der Waals surface area contributed by atoms with Crippen molar-refractivity contribution in [3.05, 3.63) is 33.6 Å². The number of likely N-dealkylation sites (N-methyl/N-ethyl adjacent to an activating group) is 1. The van der Waals surface area contributed by atoms with Crippen LogP contribution in [0.1, 0.15) is 11.8 Å². The van der Waals surface area contributed by atoms with Crippen molar-refractivity contribution in [3.8, 4) is 0 Å². The molecule has 0 saturated heterocycles.